The van der Waals surface area contributed by atoms with Crippen LogP contribution in [-0.2, 0) is 16.5 Å². The Labute approximate surface area is 182 Å². The van der Waals surface area contributed by atoms with E-state index in [1.165, 1.54) is 20.8 Å². The summed E-state index contributed by atoms with van der Waals surface area (Å²) >= 11 is 0. The average Bonchev–Trinajstić information content (AvgIpc) is 2.71. The first-order chi connectivity index (χ1) is 13.0. The molecule has 1 fully saturated rings. The predicted octanol–water partition coefficient (Wildman–Crippen LogP) is 3.05. The fourth-order valence-corrected chi connectivity index (χ4v) is 2.28. The van der Waals surface area contributed by atoms with Crippen molar-refractivity contribution < 1.29 is 16.5 Å². The molecule has 0 aromatic rings. The van der Waals surface area contributed by atoms with Crippen molar-refractivity contribution in [3.05, 3.63) is 38.0 Å². The van der Waals surface area contributed by atoms with Crippen molar-refractivity contribution in [1.29, 1.82) is 15.8 Å². The second kappa shape index (κ2) is 29.8. The maximum atomic E-state index is 7.32. The van der Waals surface area contributed by atoms with Crippen LogP contribution in [0.3, 0.4) is 0 Å². The molecule has 7 heteroatoms. The minimum atomic E-state index is 0. The number of nitriles is 3. The zero-order chi connectivity index (χ0) is 21.3. The summed E-state index contributed by atoms with van der Waals surface area (Å²) in [7, 11) is 0. The summed E-state index contributed by atoms with van der Waals surface area (Å²) in [6.45, 7) is 25.4. The molecule has 0 amide bonds. The van der Waals surface area contributed by atoms with E-state index in [1.54, 1.807) is 18.2 Å². The van der Waals surface area contributed by atoms with Gasteiger partial charge in [0.2, 0.25) is 0 Å². The molecule has 0 aliphatic carbocycles. The Morgan fingerprint density at radius 1 is 0.607 bits per heavy atom. The van der Waals surface area contributed by atoms with Gasteiger partial charge in [-0.1, -0.05) is 18.2 Å². The molecular weight excluding hydrogens is 395 g/mol. The predicted molar refractivity (Wildman–Crippen MR) is 114 cm³/mol. The Hall–Kier alpha value is -1.94. The first kappa shape index (κ1) is 33.6. The molecule has 0 aromatic carbocycles. The quantitative estimate of drug-likeness (QED) is 0.475. The molecule has 0 radical (unpaired) electrons. The zero-order valence-electron chi connectivity index (χ0n) is 17.7. The topological polar surface area (TPSA) is 81.1 Å². The molecule has 28 heavy (non-hydrogen) atoms. The molecule has 0 atom stereocenters. The van der Waals surface area contributed by atoms with Gasteiger partial charge in [0.15, 0.2) is 0 Å². The molecule has 0 spiro atoms. The van der Waals surface area contributed by atoms with Crippen molar-refractivity contribution in [3.8, 4) is 18.2 Å². The Balaban J connectivity index is -0.000000245. The van der Waals surface area contributed by atoms with Crippen LogP contribution >= 0.6 is 0 Å². The van der Waals surface area contributed by atoms with Gasteiger partial charge in [0.1, 0.15) is 0 Å². The molecule has 0 unspecified atom stereocenters. The second-order valence-electron chi connectivity index (χ2n) is 5.44. The van der Waals surface area contributed by atoms with E-state index in [-0.39, 0.29) is 16.5 Å². The van der Waals surface area contributed by atoms with Crippen LogP contribution in [0.4, 0.5) is 0 Å². The van der Waals surface area contributed by atoms with Gasteiger partial charge in [-0.3, -0.25) is 14.7 Å². The van der Waals surface area contributed by atoms with Crippen LogP contribution in [0.5, 0.6) is 0 Å². The van der Waals surface area contributed by atoms with E-state index in [1.807, 2.05) is 18.2 Å². The molecule has 6 nitrogen and oxygen atoms in total. The van der Waals surface area contributed by atoms with Crippen molar-refractivity contribution in [1.82, 2.24) is 14.7 Å². The van der Waals surface area contributed by atoms with Crippen LogP contribution < -0.4 is 0 Å². The second-order valence-corrected chi connectivity index (χ2v) is 5.44. The number of rotatable bonds is 6. The molecule has 1 aliphatic heterocycles. The summed E-state index contributed by atoms with van der Waals surface area (Å²) in [6, 6.07) is 5.25. The van der Waals surface area contributed by atoms with Crippen molar-refractivity contribution in [3.63, 3.8) is 0 Å². The molecule has 1 aliphatic rings. The average molecular weight is 431 g/mol. The van der Waals surface area contributed by atoms with Crippen LogP contribution in [0, 0.1) is 34.0 Å². The van der Waals surface area contributed by atoms with Gasteiger partial charge >= 0.3 is 16.5 Å². The van der Waals surface area contributed by atoms with E-state index in [9.17, 15) is 0 Å². The Bertz CT molecular complexity index is 403. The molecule has 1 rings (SSSR count). The van der Waals surface area contributed by atoms with E-state index < -0.39 is 0 Å². The molecule has 158 valence electrons. The fourth-order valence-electron chi connectivity index (χ4n) is 2.28. The summed E-state index contributed by atoms with van der Waals surface area (Å²) in [5.41, 5.74) is 0. The minimum Gasteiger partial charge on any atom is -0.297 e. The van der Waals surface area contributed by atoms with E-state index in [0.29, 0.717) is 0 Å². The molecule has 0 N–H and O–H groups in total. The van der Waals surface area contributed by atoms with Gasteiger partial charge in [0, 0.05) is 79.7 Å². The maximum Gasteiger partial charge on any atom is 2.00 e. The molecular formula is C21H36N6Ni+2. The van der Waals surface area contributed by atoms with Crippen LogP contribution in [0.1, 0.15) is 20.8 Å². The van der Waals surface area contributed by atoms with Crippen LogP contribution in [-0.4, -0.2) is 73.6 Å². The van der Waals surface area contributed by atoms with E-state index in [2.05, 4.69) is 34.4 Å². The van der Waals surface area contributed by atoms with Gasteiger partial charge < -0.3 is 0 Å². The largest absolute Gasteiger partial charge is 2.00 e. The van der Waals surface area contributed by atoms with Gasteiger partial charge in [-0.05, 0) is 0 Å². The minimum absolute atomic E-state index is 0. The summed E-state index contributed by atoms with van der Waals surface area (Å²) in [6.07, 6.45) is 5.98. The third-order valence-corrected chi connectivity index (χ3v) is 3.36. The number of nitrogens with zero attached hydrogens (tertiary/aromatic N) is 6. The van der Waals surface area contributed by atoms with Crippen LogP contribution in [0.25, 0.3) is 0 Å². The Morgan fingerprint density at radius 2 is 0.750 bits per heavy atom. The summed E-state index contributed by atoms with van der Waals surface area (Å²) in [5, 5.41) is 22.0. The normalized spacial score (nSPS) is 14.1. The van der Waals surface area contributed by atoms with Crippen LogP contribution in [0.15, 0.2) is 38.0 Å². The van der Waals surface area contributed by atoms with E-state index in [4.69, 9.17) is 15.8 Å². The zero-order valence-corrected chi connectivity index (χ0v) is 18.7. The third-order valence-electron chi connectivity index (χ3n) is 3.36. The first-order valence-electron chi connectivity index (χ1n) is 8.97. The molecule has 0 saturated carbocycles. The molecule has 1 saturated heterocycles. The summed E-state index contributed by atoms with van der Waals surface area (Å²) in [4.78, 5) is 7.39. The van der Waals surface area contributed by atoms with Crippen LogP contribution in [0.2, 0.25) is 0 Å². The summed E-state index contributed by atoms with van der Waals surface area (Å²) < 4.78 is 0. The van der Waals surface area contributed by atoms with Gasteiger partial charge in [0.05, 0.1) is 18.2 Å². The first-order valence-corrected chi connectivity index (χ1v) is 8.97. The van der Waals surface area contributed by atoms with E-state index >= 15 is 0 Å². The maximum absolute atomic E-state index is 7.32. The molecule has 0 bridgehead atoms. The fraction of sp³-hybridized carbons (Fsp3) is 0.571. The SMILES string of the molecule is C=CCN1CCN(CC=C)CCN(CC=C)CC1.CC#N.CC#N.CC#N.[Ni+2]. The monoisotopic (exact) mass is 430 g/mol. The summed E-state index contributed by atoms with van der Waals surface area (Å²) in [5.74, 6) is 0. The number of hydrogen-bond acceptors (Lipinski definition) is 6. The van der Waals surface area contributed by atoms with Gasteiger partial charge in [-0.2, -0.15) is 15.8 Å². The Kier molecular flexibility index (Phi) is 35.8. The molecule has 1 heterocycles. The van der Waals surface area contributed by atoms with Crippen molar-refractivity contribution in [2.75, 3.05) is 58.9 Å². The van der Waals surface area contributed by atoms with Crippen molar-refractivity contribution >= 4 is 0 Å². The molecule has 0 aromatic heterocycles. The van der Waals surface area contributed by atoms with Gasteiger partial charge in [0.25, 0.3) is 0 Å². The number of hydrogen-bond donors (Lipinski definition) is 0. The van der Waals surface area contributed by atoms with Gasteiger partial charge in [-0.15, -0.1) is 19.7 Å². The standard InChI is InChI=1S/C15H27N3.3C2H3N.Ni/c1-4-7-16-10-12-17(8-5-2)14-15-18(9-6-3)13-11-16;3*1-2-3;/h4-6H,1-3,7-15H2;3*1H3;/q;;;;+2. The van der Waals surface area contributed by atoms with Crippen molar-refractivity contribution in [2.24, 2.45) is 0 Å². The van der Waals surface area contributed by atoms with Gasteiger partial charge in [-0.25, -0.2) is 0 Å². The van der Waals surface area contributed by atoms with E-state index in [0.717, 1.165) is 58.9 Å². The smallest absolute Gasteiger partial charge is 0.297 e. The third kappa shape index (κ3) is 26.3. The Morgan fingerprint density at radius 3 is 0.857 bits per heavy atom. The van der Waals surface area contributed by atoms with Crippen molar-refractivity contribution in [2.45, 2.75) is 20.8 Å².